The smallest absolute Gasteiger partial charge is 0.435 e. The molecule has 0 aliphatic heterocycles. The van der Waals surface area contributed by atoms with Crippen molar-refractivity contribution in [2.45, 2.75) is 26.4 Å². The second-order valence-electron chi connectivity index (χ2n) is 3.19. The summed E-state index contributed by atoms with van der Waals surface area (Å²) < 4.78 is 4.75. The molecule has 74 valence electrons. The van der Waals surface area contributed by atoms with Gasteiger partial charge in [0.25, 0.3) is 0 Å². The second-order valence-corrected chi connectivity index (χ2v) is 3.19. The highest BCUT2D eigenvalue weighted by molar-refractivity contribution is 5.86. The number of amides is 2. The molecule has 0 bridgehead atoms. The molecule has 0 fully saturated rings. The van der Waals surface area contributed by atoms with Crippen LogP contribution in [0.3, 0.4) is 0 Å². The van der Waals surface area contributed by atoms with E-state index in [4.69, 9.17) is 9.84 Å². The number of aliphatic imine (C=N–C) groups is 1. The summed E-state index contributed by atoms with van der Waals surface area (Å²) in [4.78, 5) is 23.9. The summed E-state index contributed by atoms with van der Waals surface area (Å²) in [5.41, 5.74) is -0.627. The predicted octanol–water partition coefficient (Wildman–Crippen LogP) is 1.22. The average Bonchev–Trinajstić information content (AvgIpc) is 1.81. The fourth-order valence-electron chi connectivity index (χ4n) is 0.428. The van der Waals surface area contributed by atoms with Crippen LogP contribution in [-0.4, -0.2) is 29.2 Å². The third-order valence-electron chi connectivity index (χ3n) is 0.751. The number of rotatable bonds is 1. The summed E-state index contributed by atoms with van der Waals surface area (Å²) in [5, 5.41) is 9.89. The molecule has 0 spiro atoms. The van der Waals surface area contributed by atoms with E-state index in [1.807, 2.05) is 0 Å². The third kappa shape index (κ3) is 8.32. The molecule has 0 aromatic rings. The van der Waals surface area contributed by atoms with Gasteiger partial charge in [-0.15, -0.1) is 0 Å². The van der Waals surface area contributed by atoms with Crippen molar-refractivity contribution in [2.75, 3.05) is 0 Å². The van der Waals surface area contributed by atoms with Crippen LogP contribution in [0, 0.1) is 0 Å². The monoisotopic (exact) mass is 188 g/mol. The molecule has 0 saturated heterocycles. The van der Waals surface area contributed by atoms with E-state index in [2.05, 4.69) is 4.99 Å². The summed E-state index contributed by atoms with van der Waals surface area (Å²) in [6.07, 6.45) is -1.36. The van der Waals surface area contributed by atoms with Gasteiger partial charge >= 0.3 is 12.2 Å². The van der Waals surface area contributed by atoms with Gasteiger partial charge < -0.3 is 9.84 Å². The molecule has 6 heteroatoms. The standard InChI is InChI=1S/C7H12N2O4/c1-7(2,3)13-6(12)9-4-8-5(10)11/h4H,1-3H3,(H,10,11)(H,8,9,12). The molecule has 0 heterocycles. The molecule has 0 unspecified atom stereocenters. The van der Waals surface area contributed by atoms with E-state index in [9.17, 15) is 9.59 Å². The summed E-state index contributed by atoms with van der Waals surface area (Å²) in [7, 11) is 0. The minimum Gasteiger partial charge on any atom is -0.465 e. The maximum absolute atomic E-state index is 10.8. The lowest BCUT2D eigenvalue weighted by Crippen LogP contribution is -2.24. The quantitative estimate of drug-likeness (QED) is 0.478. The van der Waals surface area contributed by atoms with Crippen LogP contribution in [0.1, 0.15) is 20.8 Å². The minimum absolute atomic E-state index is 0.627. The van der Waals surface area contributed by atoms with Gasteiger partial charge in [0.2, 0.25) is 0 Å². The molecule has 0 aromatic heterocycles. The number of hydrogen-bond acceptors (Lipinski definition) is 3. The Morgan fingerprint density at radius 3 is 2.38 bits per heavy atom. The van der Waals surface area contributed by atoms with Crippen LogP contribution < -0.4 is 5.32 Å². The predicted molar refractivity (Wildman–Crippen MR) is 45.9 cm³/mol. The summed E-state index contributed by atoms with van der Waals surface area (Å²) in [5.74, 6) is 0. The van der Waals surface area contributed by atoms with Gasteiger partial charge in [-0.25, -0.2) is 9.59 Å². The van der Waals surface area contributed by atoms with E-state index in [0.717, 1.165) is 6.34 Å². The van der Waals surface area contributed by atoms with Crippen molar-refractivity contribution in [3.63, 3.8) is 0 Å². The first-order valence-electron chi connectivity index (χ1n) is 3.56. The van der Waals surface area contributed by atoms with Gasteiger partial charge in [0.05, 0.1) is 0 Å². The van der Waals surface area contributed by atoms with Crippen molar-refractivity contribution in [1.29, 1.82) is 0 Å². The Hall–Kier alpha value is -1.59. The lowest BCUT2D eigenvalue weighted by atomic mass is 10.2. The lowest BCUT2D eigenvalue weighted by Gasteiger charge is -2.16. The van der Waals surface area contributed by atoms with Gasteiger partial charge in [-0.05, 0) is 20.8 Å². The van der Waals surface area contributed by atoms with Gasteiger partial charge in [0, 0.05) is 0 Å². The Bertz CT molecular complexity index is 229. The zero-order chi connectivity index (χ0) is 10.5. The molecule has 0 aliphatic rings. The van der Waals surface area contributed by atoms with E-state index in [1.54, 1.807) is 26.1 Å². The lowest BCUT2D eigenvalue weighted by molar-refractivity contribution is 0.0605. The van der Waals surface area contributed by atoms with Gasteiger partial charge in [0.1, 0.15) is 11.9 Å². The molecule has 0 aromatic carbocycles. The van der Waals surface area contributed by atoms with Crippen molar-refractivity contribution in [3.05, 3.63) is 0 Å². The van der Waals surface area contributed by atoms with Crippen molar-refractivity contribution < 1.29 is 19.4 Å². The maximum atomic E-state index is 10.8. The average molecular weight is 188 g/mol. The fraction of sp³-hybridized carbons (Fsp3) is 0.571. The van der Waals surface area contributed by atoms with E-state index in [1.165, 1.54) is 0 Å². The van der Waals surface area contributed by atoms with Crippen molar-refractivity contribution >= 4 is 18.5 Å². The first kappa shape index (κ1) is 11.4. The normalized spacial score (nSPS) is 11.3. The SMILES string of the molecule is CC(C)(C)OC(=O)N=CNC(=O)O. The van der Waals surface area contributed by atoms with Crippen LogP contribution in [0.15, 0.2) is 4.99 Å². The van der Waals surface area contributed by atoms with E-state index < -0.39 is 17.8 Å². The van der Waals surface area contributed by atoms with Crippen LogP contribution in [0.4, 0.5) is 9.59 Å². The molecule has 0 rings (SSSR count). The highest BCUT2D eigenvalue weighted by atomic mass is 16.6. The largest absolute Gasteiger partial charge is 0.465 e. The topological polar surface area (TPSA) is 88.0 Å². The van der Waals surface area contributed by atoms with Gasteiger partial charge in [0.15, 0.2) is 0 Å². The van der Waals surface area contributed by atoms with Gasteiger partial charge in [-0.2, -0.15) is 4.99 Å². The first-order chi connectivity index (χ1) is 5.81. The molecular weight excluding hydrogens is 176 g/mol. The fourth-order valence-corrected chi connectivity index (χ4v) is 0.428. The second kappa shape index (κ2) is 4.44. The number of carboxylic acid groups (broad SMARTS) is 1. The number of hydrogen-bond donors (Lipinski definition) is 2. The zero-order valence-corrected chi connectivity index (χ0v) is 7.70. The van der Waals surface area contributed by atoms with Crippen LogP contribution in [-0.2, 0) is 4.74 Å². The number of nitrogens with one attached hydrogen (secondary N) is 1. The zero-order valence-electron chi connectivity index (χ0n) is 7.70. The Balaban J connectivity index is 3.88. The maximum Gasteiger partial charge on any atom is 0.435 e. The first-order valence-corrected chi connectivity index (χ1v) is 3.56. The highest BCUT2D eigenvalue weighted by Crippen LogP contribution is 2.07. The summed E-state index contributed by atoms with van der Waals surface area (Å²) >= 11 is 0. The highest BCUT2D eigenvalue weighted by Gasteiger charge is 2.14. The molecular formula is C7H12N2O4. The molecule has 2 amide bonds. The molecule has 0 saturated carbocycles. The Morgan fingerprint density at radius 1 is 1.46 bits per heavy atom. The van der Waals surface area contributed by atoms with Crippen LogP contribution in [0.2, 0.25) is 0 Å². The van der Waals surface area contributed by atoms with E-state index in [-0.39, 0.29) is 0 Å². The Morgan fingerprint density at radius 2 is 2.00 bits per heavy atom. The number of ether oxygens (including phenoxy) is 1. The van der Waals surface area contributed by atoms with E-state index in [0.29, 0.717) is 0 Å². The van der Waals surface area contributed by atoms with Crippen molar-refractivity contribution in [1.82, 2.24) is 5.32 Å². The molecule has 0 atom stereocenters. The molecule has 0 aliphatic carbocycles. The Kier molecular flexibility index (Phi) is 3.90. The minimum atomic E-state index is -1.28. The van der Waals surface area contributed by atoms with Crippen LogP contribution >= 0.6 is 0 Å². The van der Waals surface area contributed by atoms with Gasteiger partial charge in [-0.1, -0.05) is 0 Å². The van der Waals surface area contributed by atoms with Crippen molar-refractivity contribution in [2.24, 2.45) is 4.99 Å². The molecule has 0 radical (unpaired) electrons. The third-order valence-corrected chi connectivity index (χ3v) is 0.751. The molecule has 2 N–H and O–H groups in total. The van der Waals surface area contributed by atoms with E-state index >= 15 is 0 Å². The summed E-state index contributed by atoms with van der Waals surface area (Å²) in [6, 6.07) is 0. The van der Waals surface area contributed by atoms with Crippen LogP contribution in [0.25, 0.3) is 0 Å². The summed E-state index contributed by atoms with van der Waals surface area (Å²) in [6.45, 7) is 5.06. The Labute approximate surface area is 75.6 Å². The van der Waals surface area contributed by atoms with Crippen molar-refractivity contribution in [3.8, 4) is 0 Å². The number of nitrogens with zero attached hydrogens (tertiary/aromatic N) is 1. The van der Waals surface area contributed by atoms with Crippen LogP contribution in [0.5, 0.6) is 0 Å². The molecule has 13 heavy (non-hydrogen) atoms. The number of carbonyl (C=O) groups excluding carboxylic acids is 1. The molecule has 6 nitrogen and oxygen atoms in total. The number of carbonyl (C=O) groups is 2. The van der Waals surface area contributed by atoms with Gasteiger partial charge in [-0.3, -0.25) is 5.32 Å².